The zero-order chi connectivity index (χ0) is 18.9. The van der Waals surface area contributed by atoms with E-state index in [1.165, 1.54) is 12.1 Å². The minimum atomic E-state index is -0.648. The molecular weight excluding hydrogens is 369 g/mol. The van der Waals surface area contributed by atoms with Crippen LogP contribution in [0.3, 0.4) is 0 Å². The van der Waals surface area contributed by atoms with Crippen molar-refractivity contribution in [2.75, 3.05) is 13.1 Å². The molecule has 1 amide bonds. The van der Waals surface area contributed by atoms with Gasteiger partial charge in [-0.2, -0.15) is 0 Å². The fourth-order valence-electron chi connectivity index (χ4n) is 3.38. The SMILES string of the molecule is O=C(Cc1cccc(F)c1)N1CCC2(CC1)N=C(c1ccc(Cl)cc1)NO2. The van der Waals surface area contributed by atoms with Gasteiger partial charge in [0.05, 0.1) is 6.42 Å². The summed E-state index contributed by atoms with van der Waals surface area (Å²) in [6, 6.07) is 13.5. The van der Waals surface area contributed by atoms with Crippen molar-refractivity contribution in [3.8, 4) is 0 Å². The van der Waals surface area contributed by atoms with Crippen molar-refractivity contribution in [3.05, 3.63) is 70.5 Å². The molecule has 0 aliphatic carbocycles. The van der Waals surface area contributed by atoms with Crippen LogP contribution in [0.25, 0.3) is 0 Å². The number of nitrogens with zero attached hydrogens (tertiary/aromatic N) is 2. The number of piperidine rings is 1. The largest absolute Gasteiger partial charge is 0.342 e. The third-order valence-electron chi connectivity index (χ3n) is 4.91. The Kier molecular flexibility index (Phi) is 4.85. The molecule has 2 aromatic rings. The highest BCUT2D eigenvalue weighted by Gasteiger charge is 2.41. The van der Waals surface area contributed by atoms with Gasteiger partial charge < -0.3 is 4.90 Å². The van der Waals surface area contributed by atoms with Crippen LogP contribution in [0.1, 0.15) is 24.0 Å². The number of aliphatic imine (C=N–C) groups is 1. The van der Waals surface area contributed by atoms with E-state index in [1.54, 1.807) is 29.2 Å². The Morgan fingerprint density at radius 3 is 2.67 bits per heavy atom. The van der Waals surface area contributed by atoms with Crippen LogP contribution in [-0.4, -0.2) is 35.5 Å². The van der Waals surface area contributed by atoms with E-state index >= 15 is 0 Å². The summed E-state index contributed by atoms with van der Waals surface area (Å²) in [6.45, 7) is 1.10. The second-order valence-electron chi connectivity index (χ2n) is 6.81. The van der Waals surface area contributed by atoms with Crippen LogP contribution in [0.15, 0.2) is 53.5 Å². The van der Waals surface area contributed by atoms with E-state index in [0.29, 0.717) is 42.4 Å². The number of rotatable bonds is 3. The van der Waals surface area contributed by atoms with E-state index in [-0.39, 0.29) is 18.1 Å². The van der Waals surface area contributed by atoms with E-state index in [9.17, 15) is 9.18 Å². The lowest BCUT2D eigenvalue weighted by Gasteiger charge is -2.35. The van der Waals surface area contributed by atoms with E-state index in [4.69, 9.17) is 21.4 Å². The van der Waals surface area contributed by atoms with Crippen molar-refractivity contribution < 1.29 is 14.0 Å². The molecular formula is C20H19ClFN3O2. The van der Waals surface area contributed by atoms with Gasteiger partial charge in [0.15, 0.2) is 11.6 Å². The lowest BCUT2D eigenvalue weighted by atomic mass is 10.00. The number of carbonyl (C=O) groups is 1. The van der Waals surface area contributed by atoms with Crippen LogP contribution in [0.2, 0.25) is 5.02 Å². The van der Waals surface area contributed by atoms with Gasteiger partial charge in [0, 0.05) is 36.5 Å². The first kappa shape index (κ1) is 17.9. The highest BCUT2D eigenvalue weighted by molar-refractivity contribution is 6.30. The Hall–Kier alpha value is -2.44. The topological polar surface area (TPSA) is 53.9 Å². The third-order valence-corrected chi connectivity index (χ3v) is 5.16. The van der Waals surface area contributed by atoms with Crippen LogP contribution in [0.5, 0.6) is 0 Å². The first-order valence-corrected chi connectivity index (χ1v) is 9.23. The molecule has 0 atom stereocenters. The zero-order valence-electron chi connectivity index (χ0n) is 14.6. The number of benzene rings is 2. The minimum absolute atomic E-state index is 0.0108. The molecule has 0 bridgehead atoms. The van der Waals surface area contributed by atoms with Gasteiger partial charge in [-0.15, -0.1) is 0 Å². The van der Waals surface area contributed by atoms with E-state index in [0.717, 1.165) is 5.56 Å². The average molecular weight is 388 g/mol. The first-order valence-electron chi connectivity index (χ1n) is 8.85. The van der Waals surface area contributed by atoms with Crippen LogP contribution in [0.4, 0.5) is 4.39 Å². The summed E-state index contributed by atoms with van der Waals surface area (Å²) in [4.78, 5) is 24.8. The number of likely N-dealkylation sites (tertiary alicyclic amines) is 1. The standard InChI is InChI=1S/C20H19ClFN3O2/c21-16-6-4-15(5-7-16)19-23-20(27-24-19)8-10-25(11-9-20)18(26)13-14-2-1-3-17(22)12-14/h1-7,12H,8-11,13H2,(H,23,24). The van der Waals surface area contributed by atoms with Crippen molar-refractivity contribution >= 4 is 23.3 Å². The van der Waals surface area contributed by atoms with Crippen LogP contribution < -0.4 is 5.48 Å². The maximum Gasteiger partial charge on any atom is 0.226 e. The quantitative estimate of drug-likeness (QED) is 0.879. The van der Waals surface area contributed by atoms with Gasteiger partial charge >= 0.3 is 0 Å². The molecule has 2 aliphatic heterocycles. The van der Waals surface area contributed by atoms with Gasteiger partial charge in [-0.05, 0) is 42.0 Å². The summed E-state index contributed by atoms with van der Waals surface area (Å²) in [6.07, 6.45) is 1.40. The monoisotopic (exact) mass is 387 g/mol. The van der Waals surface area contributed by atoms with Crippen LogP contribution >= 0.6 is 11.6 Å². The summed E-state index contributed by atoms with van der Waals surface area (Å²) in [5.74, 6) is 0.335. The summed E-state index contributed by atoms with van der Waals surface area (Å²) < 4.78 is 13.3. The van der Waals surface area contributed by atoms with E-state index < -0.39 is 5.72 Å². The molecule has 4 rings (SSSR count). The predicted molar refractivity (Wildman–Crippen MR) is 101 cm³/mol. The van der Waals surface area contributed by atoms with Crippen molar-refractivity contribution in [1.82, 2.24) is 10.4 Å². The molecule has 1 fully saturated rings. The molecule has 0 aromatic heterocycles. The van der Waals surface area contributed by atoms with Gasteiger partial charge in [-0.1, -0.05) is 23.7 Å². The Balaban J connectivity index is 1.38. The molecule has 1 spiro atoms. The molecule has 5 nitrogen and oxygen atoms in total. The van der Waals surface area contributed by atoms with Crippen molar-refractivity contribution in [3.63, 3.8) is 0 Å². The number of nitrogens with one attached hydrogen (secondary N) is 1. The molecule has 2 aliphatic rings. The van der Waals surface area contributed by atoms with Gasteiger partial charge in [-0.25, -0.2) is 19.7 Å². The summed E-state index contributed by atoms with van der Waals surface area (Å²) in [5.41, 5.74) is 3.84. The minimum Gasteiger partial charge on any atom is -0.342 e. The number of hydroxylamine groups is 1. The Labute approximate surface area is 161 Å². The number of amides is 1. The van der Waals surface area contributed by atoms with Gasteiger partial charge in [0.25, 0.3) is 0 Å². The molecule has 0 unspecified atom stereocenters. The molecule has 7 heteroatoms. The summed E-state index contributed by atoms with van der Waals surface area (Å²) >= 11 is 5.92. The smallest absolute Gasteiger partial charge is 0.226 e. The molecule has 140 valence electrons. The lowest BCUT2D eigenvalue weighted by Crippen LogP contribution is -2.47. The molecule has 1 N–H and O–H groups in total. The third kappa shape index (κ3) is 3.96. The molecule has 0 radical (unpaired) electrons. The van der Waals surface area contributed by atoms with Gasteiger partial charge in [0.2, 0.25) is 5.91 Å². The molecule has 27 heavy (non-hydrogen) atoms. The summed E-state index contributed by atoms with van der Waals surface area (Å²) in [5, 5.41) is 0.665. The van der Waals surface area contributed by atoms with Crippen molar-refractivity contribution in [1.29, 1.82) is 0 Å². The number of hydrogen-bond acceptors (Lipinski definition) is 4. The maximum atomic E-state index is 13.3. The highest BCUT2D eigenvalue weighted by Crippen LogP contribution is 2.31. The van der Waals surface area contributed by atoms with Gasteiger partial charge in [0.1, 0.15) is 5.82 Å². The molecule has 0 saturated carbocycles. The fraction of sp³-hybridized carbons (Fsp3) is 0.300. The predicted octanol–water partition coefficient (Wildman–Crippen LogP) is 3.32. The second kappa shape index (κ2) is 7.29. The molecule has 2 heterocycles. The maximum absolute atomic E-state index is 13.3. The van der Waals surface area contributed by atoms with Crippen LogP contribution in [0, 0.1) is 5.82 Å². The van der Waals surface area contributed by atoms with Crippen LogP contribution in [-0.2, 0) is 16.1 Å². The second-order valence-corrected chi connectivity index (χ2v) is 7.24. The Morgan fingerprint density at radius 1 is 1.22 bits per heavy atom. The van der Waals surface area contributed by atoms with Crippen molar-refractivity contribution in [2.45, 2.75) is 25.0 Å². The van der Waals surface area contributed by atoms with E-state index in [2.05, 4.69) is 5.48 Å². The highest BCUT2D eigenvalue weighted by atomic mass is 35.5. The molecule has 1 saturated heterocycles. The normalized spacial score (nSPS) is 18.3. The van der Waals surface area contributed by atoms with Crippen molar-refractivity contribution in [2.24, 2.45) is 4.99 Å². The Morgan fingerprint density at radius 2 is 1.96 bits per heavy atom. The zero-order valence-corrected chi connectivity index (χ0v) is 15.4. The molecule has 2 aromatic carbocycles. The number of hydrogen-bond donors (Lipinski definition) is 1. The van der Waals surface area contributed by atoms with Gasteiger partial charge in [-0.3, -0.25) is 4.79 Å². The number of halogens is 2. The Bertz CT molecular complexity index is 877. The number of carbonyl (C=O) groups excluding carboxylic acids is 1. The summed E-state index contributed by atoms with van der Waals surface area (Å²) in [7, 11) is 0. The number of amidine groups is 1. The lowest BCUT2D eigenvalue weighted by molar-refractivity contribution is -0.138. The fourth-order valence-corrected chi connectivity index (χ4v) is 3.50. The average Bonchev–Trinajstić information content (AvgIpc) is 3.06. The first-order chi connectivity index (χ1) is 13.0. The van der Waals surface area contributed by atoms with E-state index in [1.807, 2.05) is 12.1 Å².